The zero-order valence-electron chi connectivity index (χ0n) is 11.9. The molecule has 21 heavy (non-hydrogen) atoms. The number of amides is 1. The molecule has 0 unspecified atom stereocenters. The summed E-state index contributed by atoms with van der Waals surface area (Å²) in [6, 6.07) is 6.60. The lowest BCUT2D eigenvalue weighted by Gasteiger charge is -2.16. The highest BCUT2D eigenvalue weighted by atomic mass is 32.2. The van der Waals surface area contributed by atoms with E-state index in [1.54, 1.807) is 48.6 Å². The Morgan fingerprint density at radius 3 is 2.48 bits per heavy atom. The third-order valence-electron chi connectivity index (χ3n) is 2.92. The summed E-state index contributed by atoms with van der Waals surface area (Å²) in [5, 5.41) is 0. The number of sulfone groups is 1. The molecule has 6 nitrogen and oxygen atoms in total. The first-order valence-corrected chi connectivity index (χ1v) is 8.41. The van der Waals surface area contributed by atoms with Crippen molar-refractivity contribution in [1.82, 2.24) is 14.9 Å². The van der Waals surface area contributed by atoms with Gasteiger partial charge in [0, 0.05) is 31.3 Å². The molecule has 2 aromatic rings. The third kappa shape index (κ3) is 4.42. The van der Waals surface area contributed by atoms with E-state index in [2.05, 4.69) is 9.97 Å². The number of benzene rings is 1. The van der Waals surface area contributed by atoms with Crippen molar-refractivity contribution in [2.75, 3.05) is 13.3 Å². The summed E-state index contributed by atoms with van der Waals surface area (Å²) in [6.07, 6.45) is 4.52. The van der Waals surface area contributed by atoms with Crippen molar-refractivity contribution in [2.45, 2.75) is 12.3 Å². The number of nitrogens with zero attached hydrogens (tertiary/aromatic N) is 2. The number of aromatic amines is 1. The predicted molar refractivity (Wildman–Crippen MR) is 79.4 cm³/mol. The van der Waals surface area contributed by atoms with Crippen LogP contribution in [0.1, 0.15) is 21.7 Å². The monoisotopic (exact) mass is 307 g/mol. The standard InChI is InChI=1S/C14H17N3O3S/c1-17(9-13-15-7-8-16-13)14(18)12-5-3-11(4-6-12)10-21(2,19)20/h3-8H,9-10H2,1-2H3,(H,15,16). The summed E-state index contributed by atoms with van der Waals surface area (Å²) in [5.74, 6) is 0.542. The highest BCUT2D eigenvalue weighted by molar-refractivity contribution is 7.89. The van der Waals surface area contributed by atoms with Gasteiger partial charge in [-0.05, 0) is 17.7 Å². The predicted octanol–water partition coefficient (Wildman–Crippen LogP) is 1.23. The first kappa shape index (κ1) is 15.2. The summed E-state index contributed by atoms with van der Waals surface area (Å²) in [6.45, 7) is 0.386. The van der Waals surface area contributed by atoms with Crippen LogP contribution in [0.25, 0.3) is 0 Å². The molecular formula is C14H17N3O3S. The van der Waals surface area contributed by atoms with Gasteiger partial charge in [0.15, 0.2) is 9.84 Å². The van der Waals surface area contributed by atoms with E-state index in [1.165, 1.54) is 6.26 Å². The maximum Gasteiger partial charge on any atom is 0.253 e. The number of nitrogens with one attached hydrogen (secondary N) is 1. The number of aromatic nitrogens is 2. The highest BCUT2D eigenvalue weighted by Crippen LogP contribution is 2.10. The molecule has 1 N–H and O–H groups in total. The van der Waals surface area contributed by atoms with E-state index in [0.29, 0.717) is 23.5 Å². The number of hydrogen-bond donors (Lipinski definition) is 1. The van der Waals surface area contributed by atoms with Gasteiger partial charge in [0.1, 0.15) is 5.82 Å². The van der Waals surface area contributed by atoms with Crippen molar-refractivity contribution >= 4 is 15.7 Å². The molecule has 0 saturated carbocycles. The van der Waals surface area contributed by atoms with E-state index in [1.807, 2.05) is 0 Å². The molecule has 1 aromatic carbocycles. The number of H-pyrrole nitrogens is 1. The van der Waals surface area contributed by atoms with Gasteiger partial charge >= 0.3 is 0 Å². The van der Waals surface area contributed by atoms with Crippen LogP contribution >= 0.6 is 0 Å². The molecule has 0 aliphatic rings. The van der Waals surface area contributed by atoms with E-state index < -0.39 is 9.84 Å². The average Bonchev–Trinajstić information content (AvgIpc) is 2.90. The fraction of sp³-hybridized carbons (Fsp3) is 0.286. The number of carbonyl (C=O) groups excluding carboxylic acids is 1. The van der Waals surface area contributed by atoms with Crippen LogP contribution in [0.3, 0.4) is 0 Å². The molecular weight excluding hydrogens is 290 g/mol. The molecule has 0 bridgehead atoms. The number of hydrogen-bond acceptors (Lipinski definition) is 4. The molecule has 0 fully saturated rings. The minimum Gasteiger partial charge on any atom is -0.347 e. The van der Waals surface area contributed by atoms with Crippen molar-refractivity contribution in [2.24, 2.45) is 0 Å². The minimum atomic E-state index is -3.07. The molecule has 2 rings (SSSR count). The van der Waals surface area contributed by atoms with Crippen molar-refractivity contribution < 1.29 is 13.2 Å². The van der Waals surface area contributed by atoms with E-state index in [0.717, 1.165) is 0 Å². The van der Waals surface area contributed by atoms with Gasteiger partial charge in [-0.1, -0.05) is 12.1 Å². The lowest BCUT2D eigenvalue weighted by Crippen LogP contribution is -2.26. The summed E-state index contributed by atoms with van der Waals surface area (Å²) < 4.78 is 22.4. The quantitative estimate of drug-likeness (QED) is 0.900. The second-order valence-corrected chi connectivity index (χ2v) is 7.10. The van der Waals surface area contributed by atoms with Crippen molar-refractivity contribution in [3.05, 3.63) is 53.6 Å². The molecule has 1 heterocycles. The molecule has 7 heteroatoms. The van der Waals surface area contributed by atoms with Crippen molar-refractivity contribution in [1.29, 1.82) is 0 Å². The Kier molecular flexibility index (Phi) is 4.42. The van der Waals surface area contributed by atoms with Crippen molar-refractivity contribution in [3.63, 3.8) is 0 Å². The normalized spacial score (nSPS) is 11.3. The van der Waals surface area contributed by atoms with Crippen LogP contribution in [0.5, 0.6) is 0 Å². The van der Waals surface area contributed by atoms with Crippen LogP contribution in [0, 0.1) is 0 Å². The molecule has 0 atom stereocenters. The van der Waals surface area contributed by atoms with Gasteiger partial charge in [0.25, 0.3) is 5.91 Å². The van der Waals surface area contributed by atoms with E-state index >= 15 is 0 Å². The highest BCUT2D eigenvalue weighted by Gasteiger charge is 2.13. The number of carbonyl (C=O) groups is 1. The molecule has 0 radical (unpaired) electrons. The van der Waals surface area contributed by atoms with Crippen LogP contribution in [0.2, 0.25) is 0 Å². The topological polar surface area (TPSA) is 83.1 Å². The average molecular weight is 307 g/mol. The fourth-order valence-corrected chi connectivity index (χ4v) is 2.75. The SMILES string of the molecule is CN(Cc1ncc[nH]1)C(=O)c1ccc(CS(C)(=O)=O)cc1. The van der Waals surface area contributed by atoms with E-state index in [4.69, 9.17) is 0 Å². The van der Waals surface area contributed by atoms with Crippen LogP contribution < -0.4 is 0 Å². The lowest BCUT2D eigenvalue weighted by molar-refractivity contribution is 0.0782. The Bertz CT molecular complexity index is 706. The summed E-state index contributed by atoms with van der Waals surface area (Å²) in [7, 11) is -1.38. The maximum atomic E-state index is 12.2. The van der Waals surface area contributed by atoms with Gasteiger partial charge in [0.05, 0.1) is 12.3 Å². The first-order valence-electron chi connectivity index (χ1n) is 6.35. The smallest absolute Gasteiger partial charge is 0.253 e. The molecule has 0 aliphatic heterocycles. The van der Waals surface area contributed by atoms with Crippen LogP contribution in [-0.4, -0.2) is 42.5 Å². The number of imidazole rings is 1. The van der Waals surface area contributed by atoms with Gasteiger partial charge < -0.3 is 9.88 Å². The van der Waals surface area contributed by atoms with Gasteiger partial charge in [-0.3, -0.25) is 4.79 Å². The molecule has 0 aliphatic carbocycles. The maximum absolute atomic E-state index is 12.2. The largest absolute Gasteiger partial charge is 0.347 e. The molecule has 0 saturated heterocycles. The van der Waals surface area contributed by atoms with Gasteiger partial charge in [-0.15, -0.1) is 0 Å². The van der Waals surface area contributed by atoms with Gasteiger partial charge in [-0.25, -0.2) is 13.4 Å². The summed E-state index contributed by atoms with van der Waals surface area (Å²) in [5.41, 5.74) is 1.18. The van der Waals surface area contributed by atoms with Crippen LogP contribution in [0.4, 0.5) is 0 Å². The Morgan fingerprint density at radius 1 is 1.29 bits per heavy atom. The van der Waals surface area contributed by atoms with Crippen molar-refractivity contribution in [3.8, 4) is 0 Å². The Labute approximate surface area is 123 Å². The fourth-order valence-electron chi connectivity index (χ4n) is 1.95. The second-order valence-electron chi connectivity index (χ2n) is 4.96. The third-order valence-corrected chi connectivity index (χ3v) is 3.78. The Morgan fingerprint density at radius 2 is 1.95 bits per heavy atom. The summed E-state index contributed by atoms with van der Waals surface area (Å²) in [4.78, 5) is 20.8. The van der Waals surface area contributed by atoms with Gasteiger partial charge in [0.2, 0.25) is 0 Å². The number of rotatable bonds is 5. The zero-order chi connectivity index (χ0) is 15.5. The molecule has 1 amide bonds. The molecule has 1 aromatic heterocycles. The Hall–Kier alpha value is -2.15. The van der Waals surface area contributed by atoms with E-state index in [-0.39, 0.29) is 11.7 Å². The van der Waals surface area contributed by atoms with E-state index in [9.17, 15) is 13.2 Å². The lowest BCUT2D eigenvalue weighted by atomic mass is 10.1. The Balaban J connectivity index is 2.05. The van der Waals surface area contributed by atoms with Crippen LogP contribution in [-0.2, 0) is 22.1 Å². The summed E-state index contributed by atoms with van der Waals surface area (Å²) >= 11 is 0. The van der Waals surface area contributed by atoms with Crippen LogP contribution in [0.15, 0.2) is 36.7 Å². The molecule has 112 valence electrons. The zero-order valence-corrected chi connectivity index (χ0v) is 12.7. The molecule has 0 spiro atoms. The second kappa shape index (κ2) is 6.09. The first-order chi connectivity index (χ1) is 9.85. The van der Waals surface area contributed by atoms with Gasteiger partial charge in [-0.2, -0.15) is 0 Å². The minimum absolute atomic E-state index is 0.0241.